The number of benzene rings is 2. The van der Waals surface area contributed by atoms with Crippen LogP contribution in [-0.2, 0) is 12.7 Å². The molecule has 0 bridgehead atoms. The lowest BCUT2D eigenvalue weighted by atomic mass is 10.2. The van der Waals surface area contributed by atoms with Crippen molar-refractivity contribution >= 4 is 41.2 Å². The standard InChI is InChI=1S/C20H16ClF3N6O2/c1-28-9-17-18(26-10-28)29(11-25-17)13-3-2-4-14(8-13)30(32)19(31)27-12-5-6-16(21)15(7-12)20(22,23)24/h2-8,10-11,32H,9H2,1H3,(H,27,31). The first-order valence-electron chi connectivity index (χ1n) is 9.21. The lowest BCUT2D eigenvalue weighted by Gasteiger charge is -2.19. The second kappa shape index (κ2) is 8.17. The number of aliphatic imine (C=N–C) groups is 1. The maximum Gasteiger partial charge on any atom is 0.417 e. The van der Waals surface area contributed by atoms with Crippen LogP contribution in [0.4, 0.5) is 35.2 Å². The molecular weight excluding hydrogens is 449 g/mol. The van der Waals surface area contributed by atoms with Crippen LogP contribution < -0.4 is 10.4 Å². The highest BCUT2D eigenvalue weighted by molar-refractivity contribution is 6.31. The number of anilines is 2. The molecule has 32 heavy (non-hydrogen) atoms. The van der Waals surface area contributed by atoms with Crippen LogP contribution in [0.3, 0.4) is 0 Å². The summed E-state index contributed by atoms with van der Waals surface area (Å²) in [5, 5.41) is 12.4. The molecule has 0 fully saturated rings. The molecule has 8 nitrogen and oxygen atoms in total. The molecule has 0 unspecified atom stereocenters. The van der Waals surface area contributed by atoms with Crippen LogP contribution >= 0.6 is 11.6 Å². The van der Waals surface area contributed by atoms with Crippen molar-refractivity contribution < 1.29 is 23.2 Å². The Hall–Kier alpha value is -3.57. The number of carbonyl (C=O) groups is 1. The number of imidazole rings is 1. The number of fused-ring (bicyclic) bond motifs is 1. The van der Waals surface area contributed by atoms with Crippen molar-refractivity contribution in [1.29, 1.82) is 0 Å². The average Bonchev–Trinajstić information content (AvgIpc) is 3.16. The molecule has 2 N–H and O–H groups in total. The van der Waals surface area contributed by atoms with Gasteiger partial charge < -0.3 is 10.2 Å². The van der Waals surface area contributed by atoms with E-state index in [9.17, 15) is 23.2 Å². The number of amides is 2. The number of hydrogen-bond acceptors (Lipinski definition) is 5. The summed E-state index contributed by atoms with van der Waals surface area (Å²) in [6, 6.07) is 8.18. The van der Waals surface area contributed by atoms with Crippen LogP contribution in [0, 0.1) is 0 Å². The predicted octanol–water partition coefficient (Wildman–Crippen LogP) is 5.08. The van der Waals surface area contributed by atoms with Crippen LogP contribution in [0.25, 0.3) is 5.69 Å². The minimum atomic E-state index is -4.69. The second-order valence-electron chi connectivity index (χ2n) is 7.00. The number of urea groups is 1. The van der Waals surface area contributed by atoms with E-state index in [1.165, 1.54) is 18.2 Å². The number of nitrogens with one attached hydrogen (secondary N) is 1. The number of hydroxylamine groups is 1. The van der Waals surface area contributed by atoms with E-state index >= 15 is 0 Å². The Balaban J connectivity index is 1.56. The normalized spacial score (nSPS) is 13.1. The highest BCUT2D eigenvalue weighted by atomic mass is 35.5. The van der Waals surface area contributed by atoms with Gasteiger partial charge in [-0.1, -0.05) is 17.7 Å². The van der Waals surface area contributed by atoms with E-state index in [1.807, 2.05) is 11.9 Å². The van der Waals surface area contributed by atoms with Crippen LogP contribution in [-0.4, -0.2) is 39.1 Å². The summed E-state index contributed by atoms with van der Waals surface area (Å²) in [7, 11) is 1.87. The Labute approximate surface area is 185 Å². The molecule has 1 aliphatic heterocycles. The number of nitrogens with zero attached hydrogens (tertiary/aromatic N) is 5. The SMILES string of the molecule is CN1C=Nc2c(ncn2-c2cccc(N(O)C(=O)Nc3ccc(Cl)c(C(F)(F)F)c3)c2)C1. The fraction of sp³-hybridized carbons (Fsp3) is 0.150. The smallest absolute Gasteiger partial charge is 0.360 e. The Bertz CT molecular complexity index is 1210. The third-order valence-corrected chi connectivity index (χ3v) is 4.99. The zero-order valence-electron chi connectivity index (χ0n) is 16.5. The van der Waals surface area contributed by atoms with E-state index in [0.29, 0.717) is 29.2 Å². The van der Waals surface area contributed by atoms with Gasteiger partial charge in [-0.3, -0.25) is 9.77 Å². The molecule has 2 amide bonds. The molecule has 0 radical (unpaired) electrons. The molecule has 1 aromatic heterocycles. The van der Waals surface area contributed by atoms with Gasteiger partial charge in [0.05, 0.1) is 34.8 Å². The molecule has 1 aliphatic rings. The van der Waals surface area contributed by atoms with Crippen molar-refractivity contribution in [2.45, 2.75) is 12.7 Å². The zero-order valence-corrected chi connectivity index (χ0v) is 17.3. The molecule has 2 aromatic carbocycles. The van der Waals surface area contributed by atoms with E-state index in [4.69, 9.17) is 11.6 Å². The van der Waals surface area contributed by atoms with Gasteiger partial charge in [-0.05, 0) is 36.4 Å². The van der Waals surface area contributed by atoms with Gasteiger partial charge in [-0.2, -0.15) is 18.2 Å². The lowest BCUT2D eigenvalue weighted by molar-refractivity contribution is -0.137. The van der Waals surface area contributed by atoms with Crippen LogP contribution in [0.2, 0.25) is 5.02 Å². The molecule has 0 aliphatic carbocycles. The third-order valence-electron chi connectivity index (χ3n) is 4.66. The molecule has 2 heterocycles. The van der Waals surface area contributed by atoms with E-state index in [-0.39, 0.29) is 11.4 Å². The van der Waals surface area contributed by atoms with E-state index < -0.39 is 22.8 Å². The number of rotatable bonds is 3. The fourth-order valence-corrected chi connectivity index (χ4v) is 3.36. The van der Waals surface area contributed by atoms with E-state index in [0.717, 1.165) is 11.8 Å². The van der Waals surface area contributed by atoms with Gasteiger partial charge in [0, 0.05) is 12.7 Å². The number of aromatic nitrogens is 2. The Morgan fingerprint density at radius 1 is 1.25 bits per heavy atom. The zero-order chi connectivity index (χ0) is 23.0. The van der Waals surface area contributed by atoms with Gasteiger partial charge in [0.1, 0.15) is 12.0 Å². The van der Waals surface area contributed by atoms with Crippen molar-refractivity contribution in [1.82, 2.24) is 14.5 Å². The van der Waals surface area contributed by atoms with Gasteiger partial charge in [-0.15, -0.1) is 0 Å². The lowest BCUT2D eigenvalue weighted by Crippen LogP contribution is -2.32. The summed E-state index contributed by atoms with van der Waals surface area (Å²) in [6.45, 7) is 0.584. The number of hydrogen-bond donors (Lipinski definition) is 2. The van der Waals surface area contributed by atoms with Gasteiger partial charge in [-0.25, -0.2) is 14.8 Å². The monoisotopic (exact) mass is 464 g/mol. The summed E-state index contributed by atoms with van der Waals surface area (Å²) >= 11 is 5.59. The molecule has 0 saturated heterocycles. The highest BCUT2D eigenvalue weighted by Crippen LogP contribution is 2.36. The van der Waals surface area contributed by atoms with E-state index in [2.05, 4.69) is 15.3 Å². The first-order valence-corrected chi connectivity index (χ1v) is 9.59. The molecule has 0 spiro atoms. The number of alkyl halides is 3. The van der Waals surface area contributed by atoms with Gasteiger partial charge in [0.2, 0.25) is 0 Å². The van der Waals surface area contributed by atoms with Crippen LogP contribution in [0.1, 0.15) is 11.3 Å². The fourth-order valence-electron chi connectivity index (χ4n) is 3.13. The molecular formula is C20H16ClF3N6O2. The molecule has 3 aromatic rings. The maximum atomic E-state index is 13.0. The summed E-state index contributed by atoms with van der Waals surface area (Å²) < 4.78 is 40.8. The molecule has 166 valence electrons. The Morgan fingerprint density at radius 2 is 2.03 bits per heavy atom. The van der Waals surface area contributed by atoms with Gasteiger partial charge in [0.25, 0.3) is 0 Å². The number of carbonyl (C=O) groups excluding carboxylic acids is 1. The number of halogens is 4. The molecule has 12 heteroatoms. The summed E-state index contributed by atoms with van der Waals surface area (Å²) in [5.74, 6) is 0.620. The van der Waals surface area contributed by atoms with Crippen molar-refractivity contribution in [3.05, 3.63) is 65.1 Å². The first-order chi connectivity index (χ1) is 15.1. The van der Waals surface area contributed by atoms with Crippen molar-refractivity contribution in [3.63, 3.8) is 0 Å². The quantitative estimate of drug-likeness (QED) is 0.418. The average molecular weight is 465 g/mol. The Kier molecular flexibility index (Phi) is 5.53. The summed E-state index contributed by atoms with van der Waals surface area (Å²) in [6.07, 6.45) is -1.45. The van der Waals surface area contributed by atoms with Crippen LogP contribution in [0.5, 0.6) is 0 Å². The molecule has 4 rings (SSSR count). The van der Waals surface area contributed by atoms with E-state index in [1.54, 1.807) is 29.4 Å². The summed E-state index contributed by atoms with van der Waals surface area (Å²) in [5.41, 5.74) is 0.158. The highest BCUT2D eigenvalue weighted by Gasteiger charge is 2.33. The van der Waals surface area contributed by atoms with Gasteiger partial charge >= 0.3 is 12.2 Å². The summed E-state index contributed by atoms with van der Waals surface area (Å²) in [4.78, 5) is 23.0. The van der Waals surface area contributed by atoms with Crippen molar-refractivity contribution in [2.24, 2.45) is 4.99 Å². The minimum Gasteiger partial charge on any atom is -0.360 e. The second-order valence-corrected chi connectivity index (χ2v) is 7.41. The predicted molar refractivity (Wildman–Crippen MR) is 113 cm³/mol. The largest absolute Gasteiger partial charge is 0.417 e. The maximum absolute atomic E-state index is 13.0. The molecule has 0 atom stereocenters. The molecule has 0 saturated carbocycles. The van der Waals surface area contributed by atoms with Crippen LogP contribution in [0.15, 0.2) is 53.8 Å². The Morgan fingerprint density at radius 3 is 2.78 bits per heavy atom. The third kappa shape index (κ3) is 4.25. The minimum absolute atomic E-state index is 0.0874. The topological polar surface area (TPSA) is 86.0 Å². The first kappa shape index (κ1) is 21.7. The van der Waals surface area contributed by atoms with Gasteiger partial charge in [0.15, 0.2) is 5.82 Å². The van der Waals surface area contributed by atoms with Crippen molar-refractivity contribution in [3.8, 4) is 5.69 Å². The van der Waals surface area contributed by atoms with Crippen molar-refractivity contribution in [2.75, 3.05) is 17.4 Å².